The van der Waals surface area contributed by atoms with Gasteiger partial charge in [-0.15, -0.1) is 11.6 Å². The van der Waals surface area contributed by atoms with E-state index in [1.54, 1.807) is 6.33 Å². The van der Waals surface area contributed by atoms with E-state index in [4.69, 9.17) is 11.6 Å². The number of hydrogen-bond acceptors (Lipinski definition) is 2. The molecular weight excluding hydrogens is 234 g/mol. The first kappa shape index (κ1) is 12.9. The SMILES string of the molecule is CC(C)n1ncnc1CC(CCl)C1CCCC1. The minimum Gasteiger partial charge on any atom is -0.248 e. The molecule has 1 saturated carbocycles. The lowest BCUT2D eigenvalue weighted by atomic mass is 9.89. The van der Waals surface area contributed by atoms with Crippen LogP contribution in [-0.2, 0) is 6.42 Å². The van der Waals surface area contributed by atoms with Crippen LogP contribution in [0.4, 0.5) is 0 Å². The van der Waals surface area contributed by atoms with Crippen molar-refractivity contribution >= 4 is 11.6 Å². The van der Waals surface area contributed by atoms with Gasteiger partial charge in [-0.2, -0.15) is 5.10 Å². The highest BCUT2D eigenvalue weighted by Crippen LogP contribution is 2.33. The summed E-state index contributed by atoms with van der Waals surface area (Å²) in [6.07, 6.45) is 8.06. The molecule has 17 heavy (non-hydrogen) atoms. The normalized spacial score (nSPS) is 19.1. The second-order valence-electron chi connectivity index (χ2n) is 5.38. The van der Waals surface area contributed by atoms with Crippen molar-refractivity contribution in [3.8, 4) is 0 Å². The van der Waals surface area contributed by atoms with Gasteiger partial charge in [0.1, 0.15) is 12.2 Å². The van der Waals surface area contributed by atoms with E-state index in [-0.39, 0.29) is 0 Å². The average molecular weight is 256 g/mol. The molecule has 1 atom stereocenters. The summed E-state index contributed by atoms with van der Waals surface area (Å²) in [6.45, 7) is 4.28. The Morgan fingerprint density at radius 1 is 1.41 bits per heavy atom. The molecule has 1 heterocycles. The van der Waals surface area contributed by atoms with E-state index in [0.29, 0.717) is 12.0 Å². The van der Waals surface area contributed by atoms with Crippen LogP contribution in [0, 0.1) is 11.8 Å². The molecule has 2 rings (SSSR count). The fraction of sp³-hybridized carbons (Fsp3) is 0.846. The van der Waals surface area contributed by atoms with Crippen LogP contribution in [0.3, 0.4) is 0 Å². The molecule has 0 bridgehead atoms. The molecule has 0 radical (unpaired) electrons. The predicted molar refractivity (Wildman–Crippen MR) is 70.3 cm³/mol. The van der Waals surface area contributed by atoms with Crippen LogP contribution in [0.1, 0.15) is 51.4 Å². The zero-order valence-corrected chi connectivity index (χ0v) is 11.5. The van der Waals surface area contributed by atoms with E-state index in [1.807, 2.05) is 4.68 Å². The minimum absolute atomic E-state index is 0.382. The maximum absolute atomic E-state index is 6.14. The fourth-order valence-electron chi connectivity index (χ4n) is 2.86. The second-order valence-corrected chi connectivity index (χ2v) is 5.69. The van der Waals surface area contributed by atoms with Crippen molar-refractivity contribution in [1.29, 1.82) is 0 Å². The third-order valence-electron chi connectivity index (χ3n) is 3.85. The second kappa shape index (κ2) is 5.85. The highest BCUT2D eigenvalue weighted by Gasteiger charge is 2.26. The Hall–Kier alpha value is -0.570. The summed E-state index contributed by atoms with van der Waals surface area (Å²) in [5, 5.41) is 4.29. The molecule has 1 unspecified atom stereocenters. The molecule has 1 aliphatic rings. The number of aromatic nitrogens is 3. The van der Waals surface area contributed by atoms with Gasteiger partial charge in [0.2, 0.25) is 0 Å². The zero-order chi connectivity index (χ0) is 12.3. The van der Waals surface area contributed by atoms with Gasteiger partial charge in [0.15, 0.2) is 0 Å². The number of halogens is 1. The van der Waals surface area contributed by atoms with E-state index >= 15 is 0 Å². The summed E-state index contributed by atoms with van der Waals surface area (Å²) in [5.74, 6) is 3.21. The smallest absolute Gasteiger partial charge is 0.138 e. The first-order valence-corrected chi connectivity index (χ1v) is 7.20. The number of alkyl halides is 1. The summed E-state index contributed by atoms with van der Waals surface area (Å²) < 4.78 is 2.02. The summed E-state index contributed by atoms with van der Waals surface area (Å²) in [7, 11) is 0. The van der Waals surface area contributed by atoms with E-state index in [9.17, 15) is 0 Å². The Morgan fingerprint density at radius 3 is 2.71 bits per heavy atom. The summed E-state index contributed by atoms with van der Waals surface area (Å²) in [6, 6.07) is 0.382. The third kappa shape index (κ3) is 3.01. The van der Waals surface area contributed by atoms with E-state index in [2.05, 4.69) is 23.9 Å². The van der Waals surface area contributed by atoms with E-state index < -0.39 is 0 Å². The van der Waals surface area contributed by atoms with E-state index in [1.165, 1.54) is 25.7 Å². The Labute approximate surface area is 109 Å². The summed E-state index contributed by atoms with van der Waals surface area (Å²) in [5.41, 5.74) is 0. The van der Waals surface area contributed by atoms with Crippen molar-refractivity contribution in [1.82, 2.24) is 14.8 Å². The van der Waals surface area contributed by atoms with Crippen molar-refractivity contribution in [3.05, 3.63) is 12.2 Å². The summed E-state index contributed by atoms with van der Waals surface area (Å²) >= 11 is 6.14. The molecule has 1 aliphatic carbocycles. The highest BCUT2D eigenvalue weighted by atomic mass is 35.5. The van der Waals surface area contributed by atoms with Crippen LogP contribution in [0.5, 0.6) is 0 Å². The molecule has 0 N–H and O–H groups in total. The Kier molecular flexibility index (Phi) is 4.43. The molecule has 0 aliphatic heterocycles. The number of hydrogen-bond donors (Lipinski definition) is 0. The van der Waals surface area contributed by atoms with Gasteiger partial charge in [-0.05, 0) is 25.7 Å². The Morgan fingerprint density at radius 2 is 2.12 bits per heavy atom. The number of nitrogens with zero attached hydrogens (tertiary/aromatic N) is 3. The maximum Gasteiger partial charge on any atom is 0.138 e. The lowest BCUT2D eigenvalue weighted by Gasteiger charge is -2.21. The van der Waals surface area contributed by atoms with Crippen molar-refractivity contribution in [2.45, 2.75) is 52.0 Å². The topological polar surface area (TPSA) is 30.7 Å². The Balaban J connectivity index is 2.04. The van der Waals surface area contributed by atoms with Crippen molar-refractivity contribution in [3.63, 3.8) is 0 Å². The molecule has 1 fully saturated rings. The quantitative estimate of drug-likeness (QED) is 0.755. The average Bonchev–Trinajstić information content (AvgIpc) is 2.96. The van der Waals surface area contributed by atoms with Gasteiger partial charge in [-0.25, -0.2) is 9.67 Å². The number of rotatable bonds is 5. The maximum atomic E-state index is 6.14. The van der Waals surface area contributed by atoms with E-state index in [0.717, 1.165) is 24.0 Å². The molecule has 1 aromatic rings. The van der Waals surface area contributed by atoms with Crippen LogP contribution in [-0.4, -0.2) is 20.6 Å². The van der Waals surface area contributed by atoms with Crippen molar-refractivity contribution in [2.75, 3.05) is 5.88 Å². The van der Waals surface area contributed by atoms with Gasteiger partial charge in [0.05, 0.1) is 0 Å². The first-order valence-electron chi connectivity index (χ1n) is 6.66. The van der Waals surface area contributed by atoms with Crippen LogP contribution in [0.25, 0.3) is 0 Å². The predicted octanol–water partition coefficient (Wildman–Crippen LogP) is 3.45. The molecule has 4 heteroatoms. The van der Waals surface area contributed by atoms with Gasteiger partial charge in [0.25, 0.3) is 0 Å². The monoisotopic (exact) mass is 255 g/mol. The highest BCUT2D eigenvalue weighted by molar-refractivity contribution is 6.18. The zero-order valence-electron chi connectivity index (χ0n) is 10.8. The summed E-state index contributed by atoms with van der Waals surface area (Å²) in [4.78, 5) is 4.39. The van der Waals surface area contributed by atoms with Gasteiger partial charge in [0, 0.05) is 18.3 Å². The Bertz CT molecular complexity index is 342. The minimum atomic E-state index is 0.382. The van der Waals surface area contributed by atoms with Crippen molar-refractivity contribution < 1.29 is 0 Å². The molecule has 0 aromatic carbocycles. The lowest BCUT2D eigenvalue weighted by molar-refractivity contribution is 0.352. The van der Waals surface area contributed by atoms with Gasteiger partial charge < -0.3 is 0 Å². The molecule has 96 valence electrons. The lowest BCUT2D eigenvalue weighted by Crippen LogP contribution is -2.20. The molecule has 1 aromatic heterocycles. The molecule has 3 nitrogen and oxygen atoms in total. The van der Waals surface area contributed by atoms with Crippen LogP contribution in [0.2, 0.25) is 0 Å². The molecular formula is C13H22ClN3. The van der Waals surface area contributed by atoms with Gasteiger partial charge in [-0.3, -0.25) is 0 Å². The van der Waals surface area contributed by atoms with Crippen LogP contribution < -0.4 is 0 Å². The van der Waals surface area contributed by atoms with Gasteiger partial charge >= 0.3 is 0 Å². The largest absolute Gasteiger partial charge is 0.248 e. The van der Waals surface area contributed by atoms with Crippen molar-refractivity contribution in [2.24, 2.45) is 11.8 Å². The standard InChI is InChI=1S/C13H22ClN3/c1-10(2)17-13(15-9-16-17)7-12(8-14)11-5-3-4-6-11/h9-12H,3-8H2,1-2H3. The molecule has 0 saturated heterocycles. The first-order chi connectivity index (χ1) is 8.22. The van der Waals surface area contributed by atoms with Gasteiger partial charge in [-0.1, -0.05) is 25.7 Å². The molecule has 0 amide bonds. The van der Waals surface area contributed by atoms with Crippen LogP contribution >= 0.6 is 11.6 Å². The molecule has 0 spiro atoms. The fourth-order valence-corrected chi connectivity index (χ4v) is 3.22. The van der Waals surface area contributed by atoms with Crippen LogP contribution in [0.15, 0.2) is 6.33 Å². The third-order valence-corrected chi connectivity index (χ3v) is 4.24.